The Morgan fingerprint density at radius 3 is 1.79 bits per heavy atom. The SMILES string of the molecule is C1=CC(n2c3ccccc3c3ccc(-c4ccccc4)cc32)C2C(=C1)c1ccccc1C1CC23C2c4ccccc4-c4ccccc4C24C2c5ccccc5-c5ccccc5C12C34. The summed E-state index contributed by atoms with van der Waals surface area (Å²) in [5, 5.41) is 2.67. The molecule has 63 heavy (non-hydrogen) atoms. The van der Waals surface area contributed by atoms with Gasteiger partial charge in [0, 0.05) is 44.9 Å². The second kappa shape index (κ2) is 11.3. The highest BCUT2D eigenvalue weighted by molar-refractivity contribution is 6.09. The van der Waals surface area contributed by atoms with Crippen molar-refractivity contribution < 1.29 is 0 Å². The zero-order valence-corrected chi connectivity index (χ0v) is 34.8. The van der Waals surface area contributed by atoms with Crippen LogP contribution in [0.4, 0.5) is 0 Å². The van der Waals surface area contributed by atoms with E-state index in [9.17, 15) is 0 Å². The molecule has 2 spiro atoms. The molecule has 0 aliphatic heterocycles. The van der Waals surface area contributed by atoms with Crippen LogP contribution in [-0.4, -0.2) is 4.57 Å². The van der Waals surface area contributed by atoms with Crippen LogP contribution in [0.3, 0.4) is 0 Å². The average Bonchev–Trinajstić information content (AvgIpc) is 3.68. The van der Waals surface area contributed by atoms with Crippen LogP contribution in [0.25, 0.3) is 60.8 Å². The summed E-state index contributed by atoms with van der Waals surface area (Å²) in [7, 11) is 0. The molecule has 3 saturated carbocycles. The van der Waals surface area contributed by atoms with Gasteiger partial charge in [-0.2, -0.15) is 0 Å². The Hall–Kier alpha value is -6.96. The molecule has 9 atom stereocenters. The third kappa shape index (κ3) is 3.54. The summed E-state index contributed by atoms with van der Waals surface area (Å²) in [5.74, 6) is 1.72. The van der Waals surface area contributed by atoms with Crippen molar-refractivity contribution in [3.63, 3.8) is 0 Å². The van der Waals surface area contributed by atoms with Crippen molar-refractivity contribution >= 4 is 27.4 Å². The first kappa shape index (κ1) is 33.6. The second-order valence-electron chi connectivity index (χ2n) is 19.8. The topological polar surface area (TPSA) is 4.93 Å². The number of aromatic nitrogens is 1. The van der Waals surface area contributed by atoms with Crippen molar-refractivity contribution in [2.45, 2.75) is 41.0 Å². The van der Waals surface area contributed by atoms with E-state index in [-0.39, 0.29) is 28.2 Å². The predicted molar refractivity (Wildman–Crippen MR) is 257 cm³/mol. The number of benzene rings is 8. The highest BCUT2D eigenvalue weighted by atomic mass is 15.1. The molecule has 2 bridgehead atoms. The van der Waals surface area contributed by atoms with E-state index in [1.807, 2.05) is 0 Å². The van der Waals surface area contributed by atoms with Gasteiger partial charge < -0.3 is 4.57 Å². The standard InChI is InChI=1S/C62H43N/c1-2-17-37(18-3-1)38-33-34-46-45-25-12-15-31-53(45)63(55(46)35-38)54-32-16-28-47-39-19-4-7-24-44(39)52-36-60(56(47)54)57-48-26-8-5-20-40(48)43-23-11-14-30-51(43)62(57)58-49-27-9-6-21-41(49)42-22-10-13-29-50(42)61(52,58)59(60)62/h1-35,52,54,56-59H,36H2. The lowest BCUT2D eigenvalue weighted by molar-refractivity contribution is -0.234. The van der Waals surface area contributed by atoms with Gasteiger partial charge in [-0.1, -0.05) is 200 Å². The van der Waals surface area contributed by atoms with Crippen LogP contribution in [0, 0.1) is 17.3 Å². The molecule has 1 heteroatoms. The Morgan fingerprint density at radius 2 is 1.03 bits per heavy atom. The first-order valence-electron chi connectivity index (χ1n) is 23.2. The van der Waals surface area contributed by atoms with Gasteiger partial charge in [-0.3, -0.25) is 0 Å². The minimum Gasteiger partial charge on any atom is -0.333 e. The maximum absolute atomic E-state index is 2.80. The molecule has 9 aromatic rings. The van der Waals surface area contributed by atoms with E-state index in [4.69, 9.17) is 0 Å². The molecule has 0 saturated heterocycles. The monoisotopic (exact) mass is 801 g/mol. The van der Waals surface area contributed by atoms with Crippen LogP contribution >= 0.6 is 0 Å². The summed E-state index contributed by atoms with van der Waals surface area (Å²) < 4.78 is 2.80. The van der Waals surface area contributed by atoms with Gasteiger partial charge in [0.15, 0.2) is 0 Å². The molecular formula is C62H43N. The van der Waals surface area contributed by atoms with E-state index in [1.165, 1.54) is 67.2 Å². The Labute approximate surface area is 367 Å². The molecule has 1 heterocycles. The number of para-hydroxylation sites is 1. The maximum Gasteiger partial charge on any atom is 0.0600 e. The zero-order valence-electron chi connectivity index (χ0n) is 34.8. The molecule has 0 amide bonds. The molecule has 7 aliphatic rings. The van der Waals surface area contributed by atoms with Crippen molar-refractivity contribution in [3.05, 3.63) is 246 Å². The average molecular weight is 802 g/mol. The molecule has 7 aliphatic carbocycles. The van der Waals surface area contributed by atoms with E-state index >= 15 is 0 Å². The zero-order chi connectivity index (χ0) is 40.8. The molecule has 1 nitrogen and oxygen atoms in total. The Bertz CT molecular complexity index is 3560. The minimum absolute atomic E-state index is 0.0424. The van der Waals surface area contributed by atoms with Crippen molar-refractivity contribution in [3.8, 4) is 33.4 Å². The number of nitrogens with zero attached hydrogens (tertiary/aromatic N) is 1. The van der Waals surface area contributed by atoms with Gasteiger partial charge in [-0.05, 0) is 108 Å². The van der Waals surface area contributed by atoms with Crippen LogP contribution < -0.4 is 0 Å². The van der Waals surface area contributed by atoms with Crippen LogP contribution in [0.1, 0.15) is 63.6 Å². The number of hydrogen-bond donors (Lipinski definition) is 0. The molecule has 9 unspecified atom stereocenters. The number of allylic oxidation sites excluding steroid dienone is 4. The van der Waals surface area contributed by atoms with E-state index in [0.29, 0.717) is 23.7 Å². The van der Waals surface area contributed by atoms with Crippen molar-refractivity contribution in [2.24, 2.45) is 17.3 Å². The van der Waals surface area contributed by atoms with E-state index in [0.717, 1.165) is 0 Å². The van der Waals surface area contributed by atoms with Gasteiger partial charge >= 0.3 is 0 Å². The fourth-order valence-corrected chi connectivity index (χ4v) is 17.0. The minimum atomic E-state index is -0.0600. The molecule has 0 radical (unpaired) electrons. The molecule has 296 valence electrons. The molecular weight excluding hydrogens is 759 g/mol. The van der Waals surface area contributed by atoms with Crippen LogP contribution in [-0.2, 0) is 10.8 Å². The lowest BCUT2D eigenvalue weighted by Crippen LogP contribution is -2.84. The van der Waals surface area contributed by atoms with Crippen molar-refractivity contribution in [1.29, 1.82) is 0 Å². The number of fused-ring (bicyclic) bond motifs is 15. The van der Waals surface area contributed by atoms with Crippen LogP contribution in [0.15, 0.2) is 212 Å². The normalized spacial score (nSPS) is 30.1. The fourth-order valence-electron chi connectivity index (χ4n) is 17.0. The van der Waals surface area contributed by atoms with E-state index in [2.05, 4.69) is 217 Å². The summed E-state index contributed by atoms with van der Waals surface area (Å²) in [6, 6.07) is 75.9. The van der Waals surface area contributed by atoms with Gasteiger partial charge in [0.1, 0.15) is 0 Å². The molecule has 1 aromatic heterocycles. The summed E-state index contributed by atoms with van der Waals surface area (Å²) in [6.07, 6.45) is 8.75. The molecule has 8 aromatic carbocycles. The first-order valence-corrected chi connectivity index (χ1v) is 23.2. The predicted octanol–water partition coefficient (Wildman–Crippen LogP) is 14.8. The summed E-state index contributed by atoms with van der Waals surface area (Å²) in [6.45, 7) is 0. The largest absolute Gasteiger partial charge is 0.333 e. The van der Waals surface area contributed by atoms with Gasteiger partial charge in [0.2, 0.25) is 0 Å². The van der Waals surface area contributed by atoms with Gasteiger partial charge in [-0.25, -0.2) is 0 Å². The molecule has 16 rings (SSSR count). The number of rotatable bonds is 2. The lowest BCUT2D eigenvalue weighted by Gasteiger charge is -2.86. The highest BCUT2D eigenvalue weighted by Gasteiger charge is 2.95. The third-order valence-corrected chi connectivity index (χ3v) is 18.1. The first-order chi connectivity index (χ1) is 31.3. The Morgan fingerprint density at radius 1 is 0.444 bits per heavy atom. The van der Waals surface area contributed by atoms with E-state index < -0.39 is 0 Å². The Kier molecular flexibility index (Phi) is 6.06. The van der Waals surface area contributed by atoms with Crippen molar-refractivity contribution in [1.82, 2.24) is 4.57 Å². The lowest BCUT2D eigenvalue weighted by atomic mass is 9.16. The van der Waals surface area contributed by atoms with E-state index in [1.54, 1.807) is 33.4 Å². The van der Waals surface area contributed by atoms with Crippen LogP contribution in [0.5, 0.6) is 0 Å². The molecule has 3 fully saturated rings. The maximum atomic E-state index is 2.80. The fraction of sp³-hybridized carbons (Fsp3) is 0.161. The highest BCUT2D eigenvalue weighted by Crippen LogP contribution is 3.00. The smallest absolute Gasteiger partial charge is 0.0600 e. The van der Waals surface area contributed by atoms with Crippen molar-refractivity contribution in [2.75, 3.05) is 0 Å². The van der Waals surface area contributed by atoms with Gasteiger partial charge in [0.05, 0.1) is 11.6 Å². The van der Waals surface area contributed by atoms with Crippen LogP contribution in [0.2, 0.25) is 0 Å². The second-order valence-corrected chi connectivity index (χ2v) is 19.8. The Balaban J connectivity index is 1.05. The summed E-state index contributed by atoms with van der Waals surface area (Å²) in [5.41, 5.74) is 21.7. The van der Waals surface area contributed by atoms with Gasteiger partial charge in [-0.15, -0.1) is 0 Å². The third-order valence-electron chi connectivity index (χ3n) is 18.1. The summed E-state index contributed by atoms with van der Waals surface area (Å²) in [4.78, 5) is 0. The molecule has 0 N–H and O–H groups in total. The van der Waals surface area contributed by atoms with Gasteiger partial charge in [0.25, 0.3) is 0 Å². The number of hydrogen-bond acceptors (Lipinski definition) is 0. The quantitative estimate of drug-likeness (QED) is 0.164. The summed E-state index contributed by atoms with van der Waals surface area (Å²) >= 11 is 0.